The molecule has 3 amide bonds. The molecule has 3 rings (SSSR count). The summed E-state index contributed by atoms with van der Waals surface area (Å²) in [6, 6.07) is 9.75. The normalized spacial score (nSPS) is 16.2. The van der Waals surface area contributed by atoms with Crippen LogP contribution >= 0.6 is 11.6 Å². The molecule has 1 fully saturated rings. The fourth-order valence-electron chi connectivity index (χ4n) is 2.88. The summed E-state index contributed by atoms with van der Waals surface area (Å²) in [7, 11) is 0. The number of hydrogen-bond donors (Lipinski definition) is 2. The molecule has 1 saturated heterocycles. The average molecular weight is 408 g/mol. The van der Waals surface area contributed by atoms with Gasteiger partial charge in [0.05, 0.1) is 23.2 Å². The van der Waals surface area contributed by atoms with Gasteiger partial charge in [-0.3, -0.25) is 14.4 Å². The van der Waals surface area contributed by atoms with Crippen LogP contribution < -0.4 is 15.5 Å². The third-order valence-electron chi connectivity index (χ3n) is 4.27. The van der Waals surface area contributed by atoms with E-state index in [1.54, 1.807) is 24.3 Å². The largest absolute Gasteiger partial charge is 0.347 e. The topological polar surface area (TPSA) is 78.5 Å². The Labute approximate surface area is 164 Å². The number of carbonyl (C=O) groups is 3. The number of para-hydroxylation sites is 1. The number of hydrogen-bond acceptors (Lipinski definition) is 3. The highest BCUT2D eigenvalue weighted by atomic mass is 35.5. The molecule has 0 saturated carbocycles. The number of halogens is 3. The van der Waals surface area contributed by atoms with Gasteiger partial charge in [-0.05, 0) is 24.3 Å². The van der Waals surface area contributed by atoms with Crippen LogP contribution in [0, 0.1) is 17.6 Å². The van der Waals surface area contributed by atoms with E-state index in [9.17, 15) is 23.2 Å². The maximum absolute atomic E-state index is 13.1. The Morgan fingerprint density at radius 3 is 2.61 bits per heavy atom. The molecule has 0 spiro atoms. The van der Waals surface area contributed by atoms with Crippen LogP contribution in [-0.2, 0) is 14.4 Å². The highest BCUT2D eigenvalue weighted by Gasteiger charge is 2.35. The van der Waals surface area contributed by atoms with Crippen LogP contribution in [0.25, 0.3) is 0 Å². The summed E-state index contributed by atoms with van der Waals surface area (Å²) in [5, 5.41) is 5.20. The molecular formula is C19H16ClF2N3O3. The third kappa shape index (κ3) is 4.45. The molecule has 146 valence electrons. The van der Waals surface area contributed by atoms with Crippen molar-refractivity contribution in [2.24, 2.45) is 5.92 Å². The number of carbonyl (C=O) groups excluding carboxylic acids is 3. The zero-order chi connectivity index (χ0) is 20.3. The predicted octanol–water partition coefficient (Wildman–Crippen LogP) is 2.73. The van der Waals surface area contributed by atoms with Crippen molar-refractivity contribution in [3.8, 4) is 0 Å². The second kappa shape index (κ2) is 8.35. The molecule has 0 bridgehead atoms. The zero-order valence-electron chi connectivity index (χ0n) is 14.5. The Morgan fingerprint density at radius 2 is 1.89 bits per heavy atom. The molecule has 2 N–H and O–H groups in total. The number of benzene rings is 2. The molecule has 0 radical (unpaired) electrons. The second-order valence-electron chi connectivity index (χ2n) is 6.25. The standard InChI is InChI=1S/C19H16ClF2N3O3/c20-13-3-1-2-4-16(13)25-10-11(7-18(25)27)19(28)23-9-17(26)24-12-5-6-14(21)15(22)8-12/h1-6,8,11H,7,9-10H2,(H,23,28)(H,24,26). The van der Waals surface area contributed by atoms with Crippen LogP contribution in [0.4, 0.5) is 20.2 Å². The summed E-state index contributed by atoms with van der Waals surface area (Å²) >= 11 is 6.10. The van der Waals surface area contributed by atoms with Crippen molar-refractivity contribution in [3.63, 3.8) is 0 Å². The molecule has 1 aliphatic rings. The van der Waals surface area contributed by atoms with Crippen LogP contribution in [0.5, 0.6) is 0 Å². The van der Waals surface area contributed by atoms with Crippen LogP contribution in [0.3, 0.4) is 0 Å². The Kier molecular flexibility index (Phi) is 5.89. The van der Waals surface area contributed by atoms with E-state index in [0.717, 1.165) is 12.1 Å². The highest BCUT2D eigenvalue weighted by molar-refractivity contribution is 6.33. The quantitative estimate of drug-likeness (QED) is 0.800. The van der Waals surface area contributed by atoms with E-state index in [1.807, 2.05) is 0 Å². The minimum atomic E-state index is -1.09. The fourth-order valence-corrected chi connectivity index (χ4v) is 3.12. The zero-order valence-corrected chi connectivity index (χ0v) is 15.3. The van der Waals surface area contributed by atoms with Gasteiger partial charge in [0, 0.05) is 24.7 Å². The summed E-state index contributed by atoms with van der Waals surface area (Å²) in [5.41, 5.74) is 0.597. The Balaban J connectivity index is 1.54. The van der Waals surface area contributed by atoms with Crippen LogP contribution in [0.2, 0.25) is 5.02 Å². The summed E-state index contributed by atoms with van der Waals surface area (Å²) in [4.78, 5) is 37.8. The first-order valence-electron chi connectivity index (χ1n) is 8.42. The van der Waals surface area contributed by atoms with E-state index in [0.29, 0.717) is 10.7 Å². The van der Waals surface area contributed by atoms with Crippen LogP contribution in [0.1, 0.15) is 6.42 Å². The van der Waals surface area contributed by atoms with E-state index in [-0.39, 0.29) is 31.1 Å². The van der Waals surface area contributed by atoms with Gasteiger partial charge in [-0.1, -0.05) is 23.7 Å². The van der Waals surface area contributed by atoms with Crippen molar-refractivity contribution in [3.05, 3.63) is 59.1 Å². The summed E-state index contributed by atoms with van der Waals surface area (Å²) in [6.07, 6.45) is 0.00183. The van der Waals surface area contributed by atoms with Crippen molar-refractivity contribution in [1.29, 1.82) is 0 Å². The summed E-state index contributed by atoms with van der Waals surface area (Å²) < 4.78 is 26.0. The molecule has 1 aliphatic heterocycles. The lowest BCUT2D eigenvalue weighted by Gasteiger charge is -2.18. The lowest BCUT2D eigenvalue weighted by molar-refractivity contribution is -0.127. The molecule has 9 heteroatoms. The number of anilines is 2. The highest BCUT2D eigenvalue weighted by Crippen LogP contribution is 2.30. The molecule has 1 atom stereocenters. The third-order valence-corrected chi connectivity index (χ3v) is 4.59. The van der Waals surface area contributed by atoms with Gasteiger partial charge in [-0.2, -0.15) is 0 Å². The van der Waals surface area contributed by atoms with Crippen molar-refractivity contribution in [1.82, 2.24) is 5.32 Å². The van der Waals surface area contributed by atoms with E-state index < -0.39 is 29.4 Å². The summed E-state index contributed by atoms with van der Waals surface area (Å²) in [5.74, 6) is -4.04. The molecule has 1 unspecified atom stereocenters. The van der Waals surface area contributed by atoms with Gasteiger partial charge in [0.15, 0.2) is 11.6 Å². The lowest BCUT2D eigenvalue weighted by Crippen LogP contribution is -2.38. The van der Waals surface area contributed by atoms with Crippen molar-refractivity contribution in [2.45, 2.75) is 6.42 Å². The molecular weight excluding hydrogens is 392 g/mol. The number of rotatable bonds is 5. The first kappa shape index (κ1) is 19.8. The minimum absolute atomic E-state index is 0.00183. The van der Waals surface area contributed by atoms with E-state index in [1.165, 1.54) is 11.0 Å². The van der Waals surface area contributed by atoms with Gasteiger partial charge in [0.1, 0.15) is 0 Å². The van der Waals surface area contributed by atoms with Crippen LogP contribution in [0.15, 0.2) is 42.5 Å². The average Bonchev–Trinajstić information content (AvgIpc) is 3.05. The maximum Gasteiger partial charge on any atom is 0.243 e. The van der Waals surface area contributed by atoms with Crippen molar-refractivity contribution < 1.29 is 23.2 Å². The molecule has 28 heavy (non-hydrogen) atoms. The molecule has 2 aromatic rings. The Bertz CT molecular complexity index is 938. The van der Waals surface area contributed by atoms with Gasteiger partial charge < -0.3 is 15.5 Å². The maximum atomic E-state index is 13.1. The van der Waals surface area contributed by atoms with Gasteiger partial charge >= 0.3 is 0 Å². The first-order chi connectivity index (χ1) is 13.3. The van der Waals surface area contributed by atoms with Crippen molar-refractivity contribution >= 4 is 40.7 Å². The Hall–Kier alpha value is -3.00. The SMILES string of the molecule is O=C(CNC(=O)C1CC(=O)N(c2ccccc2Cl)C1)Nc1ccc(F)c(F)c1. The van der Waals surface area contributed by atoms with Crippen molar-refractivity contribution in [2.75, 3.05) is 23.3 Å². The lowest BCUT2D eigenvalue weighted by atomic mass is 10.1. The Morgan fingerprint density at radius 1 is 1.14 bits per heavy atom. The van der Waals surface area contributed by atoms with Gasteiger partial charge in [-0.15, -0.1) is 0 Å². The van der Waals surface area contributed by atoms with Gasteiger partial charge in [0.2, 0.25) is 17.7 Å². The number of amides is 3. The predicted molar refractivity (Wildman–Crippen MR) is 99.9 cm³/mol. The first-order valence-corrected chi connectivity index (χ1v) is 8.80. The monoisotopic (exact) mass is 407 g/mol. The van der Waals surface area contributed by atoms with Crippen LogP contribution in [-0.4, -0.2) is 30.8 Å². The van der Waals surface area contributed by atoms with Gasteiger partial charge in [-0.25, -0.2) is 8.78 Å². The number of nitrogens with one attached hydrogen (secondary N) is 2. The fraction of sp³-hybridized carbons (Fsp3) is 0.211. The molecule has 0 aliphatic carbocycles. The van der Waals surface area contributed by atoms with E-state index in [2.05, 4.69) is 10.6 Å². The minimum Gasteiger partial charge on any atom is -0.347 e. The molecule has 0 aromatic heterocycles. The molecule has 6 nitrogen and oxygen atoms in total. The van der Waals surface area contributed by atoms with E-state index in [4.69, 9.17) is 11.6 Å². The number of nitrogens with zero attached hydrogens (tertiary/aromatic N) is 1. The smallest absolute Gasteiger partial charge is 0.243 e. The van der Waals surface area contributed by atoms with E-state index >= 15 is 0 Å². The second-order valence-corrected chi connectivity index (χ2v) is 6.66. The molecule has 1 heterocycles. The molecule has 2 aromatic carbocycles. The summed E-state index contributed by atoms with van der Waals surface area (Å²) in [6.45, 7) is -0.214. The van der Waals surface area contributed by atoms with Gasteiger partial charge in [0.25, 0.3) is 0 Å².